The zero-order chi connectivity index (χ0) is 15.9. The predicted octanol–water partition coefficient (Wildman–Crippen LogP) is 1.11. The lowest BCUT2D eigenvalue weighted by Crippen LogP contribution is -2.26. The fourth-order valence-corrected chi connectivity index (χ4v) is 2.40. The van der Waals surface area contributed by atoms with Crippen LogP contribution < -0.4 is 0 Å². The fourth-order valence-electron chi connectivity index (χ4n) is 2.40. The molecule has 1 aliphatic carbocycles. The van der Waals surface area contributed by atoms with Gasteiger partial charge in [0.25, 0.3) is 0 Å². The van der Waals surface area contributed by atoms with Crippen molar-refractivity contribution in [3.63, 3.8) is 0 Å². The van der Waals surface area contributed by atoms with Gasteiger partial charge in [-0.2, -0.15) is 0 Å². The summed E-state index contributed by atoms with van der Waals surface area (Å²) in [4.78, 5) is 0. The molecule has 0 amide bonds. The molecule has 6 heteroatoms. The van der Waals surface area contributed by atoms with Crippen LogP contribution in [0.2, 0.25) is 0 Å². The van der Waals surface area contributed by atoms with Crippen LogP contribution in [0.1, 0.15) is 19.8 Å². The molecular weight excluding hydrogens is 288 g/mol. The first-order valence-electron chi connectivity index (χ1n) is 8.32. The first-order chi connectivity index (χ1) is 10.8. The van der Waals surface area contributed by atoms with E-state index in [1.54, 1.807) is 0 Å². The van der Waals surface area contributed by atoms with E-state index in [9.17, 15) is 0 Å². The monoisotopic (exact) mass is 320 g/mol. The largest absolute Gasteiger partial charge is 0.394 e. The van der Waals surface area contributed by atoms with Crippen molar-refractivity contribution < 1.29 is 28.8 Å². The first kappa shape index (κ1) is 19.8. The standard InChI is InChI=1S/C16H32O6/c1-15-12-16(13-15)14-22-11-10-21-9-8-20-7-6-19-5-4-18-3-2-17/h15-17H,2-14H2,1H3. The number of aliphatic hydroxyl groups is 1. The van der Waals surface area contributed by atoms with Gasteiger partial charge in [0.2, 0.25) is 0 Å². The van der Waals surface area contributed by atoms with Crippen molar-refractivity contribution in [1.29, 1.82) is 0 Å². The lowest BCUT2D eigenvalue weighted by Gasteiger charge is -2.32. The Morgan fingerprint density at radius 2 is 1.09 bits per heavy atom. The Balaban J connectivity index is 1.63. The number of aliphatic hydroxyl groups excluding tert-OH is 1. The van der Waals surface area contributed by atoms with Crippen LogP contribution >= 0.6 is 0 Å². The third kappa shape index (κ3) is 11.3. The summed E-state index contributed by atoms with van der Waals surface area (Å²) in [6, 6.07) is 0. The van der Waals surface area contributed by atoms with Crippen molar-refractivity contribution in [2.45, 2.75) is 19.8 Å². The average molecular weight is 320 g/mol. The summed E-state index contributed by atoms with van der Waals surface area (Å²) >= 11 is 0. The summed E-state index contributed by atoms with van der Waals surface area (Å²) in [6.07, 6.45) is 2.62. The van der Waals surface area contributed by atoms with Crippen LogP contribution in [0.25, 0.3) is 0 Å². The summed E-state index contributed by atoms with van der Waals surface area (Å²) < 4.78 is 26.7. The Bertz CT molecular complexity index is 233. The summed E-state index contributed by atoms with van der Waals surface area (Å²) in [5.41, 5.74) is 0. The highest BCUT2D eigenvalue weighted by Gasteiger charge is 2.24. The zero-order valence-corrected chi connectivity index (χ0v) is 13.8. The van der Waals surface area contributed by atoms with Crippen molar-refractivity contribution in [3.05, 3.63) is 0 Å². The minimum absolute atomic E-state index is 0.0495. The van der Waals surface area contributed by atoms with Gasteiger partial charge in [0.15, 0.2) is 0 Å². The summed E-state index contributed by atoms with van der Waals surface area (Å²) in [5.74, 6) is 1.66. The Kier molecular flexibility index (Phi) is 12.9. The Morgan fingerprint density at radius 1 is 0.682 bits per heavy atom. The molecule has 0 aromatic heterocycles. The zero-order valence-electron chi connectivity index (χ0n) is 13.8. The van der Waals surface area contributed by atoms with Crippen LogP contribution in [0.5, 0.6) is 0 Å². The molecule has 0 aromatic rings. The van der Waals surface area contributed by atoms with Gasteiger partial charge < -0.3 is 28.8 Å². The van der Waals surface area contributed by atoms with Crippen LogP contribution in [0.4, 0.5) is 0 Å². The first-order valence-corrected chi connectivity index (χ1v) is 8.32. The van der Waals surface area contributed by atoms with E-state index in [1.807, 2.05) is 0 Å². The molecule has 1 N–H and O–H groups in total. The van der Waals surface area contributed by atoms with Gasteiger partial charge in [-0.25, -0.2) is 0 Å². The van der Waals surface area contributed by atoms with Crippen LogP contribution in [-0.2, 0) is 23.7 Å². The molecule has 1 saturated carbocycles. The van der Waals surface area contributed by atoms with Gasteiger partial charge in [0.1, 0.15) is 0 Å². The second kappa shape index (κ2) is 14.4. The van der Waals surface area contributed by atoms with Crippen molar-refractivity contribution in [1.82, 2.24) is 0 Å². The molecule has 1 aliphatic rings. The molecule has 0 radical (unpaired) electrons. The number of hydrogen-bond acceptors (Lipinski definition) is 6. The van der Waals surface area contributed by atoms with Crippen molar-refractivity contribution >= 4 is 0 Å². The average Bonchev–Trinajstić information content (AvgIpc) is 2.49. The van der Waals surface area contributed by atoms with Crippen LogP contribution in [-0.4, -0.2) is 77.8 Å². The highest BCUT2D eigenvalue weighted by atomic mass is 16.6. The Hall–Kier alpha value is -0.240. The van der Waals surface area contributed by atoms with Gasteiger partial charge >= 0.3 is 0 Å². The highest BCUT2D eigenvalue weighted by Crippen LogP contribution is 2.32. The van der Waals surface area contributed by atoms with Crippen molar-refractivity contribution in [3.8, 4) is 0 Å². The maximum absolute atomic E-state index is 8.50. The molecule has 22 heavy (non-hydrogen) atoms. The molecule has 0 aromatic carbocycles. The van der Waals surface area contributed by atoms with Crippen LogP contribution in [0, 0.1) is 11.8 Å². The highest BCUT2D eigenvalue weighted by molar-refractivity contribution is 4.75. The molecule has 132 valence electrons. The Labute approximate surface area is 134 Å². The molecule has 0 atom stereocenters. The second-order valence-electron chi connectivity index (χ2n) is 5.69. The Morgan fingerprint density at radius 3 is 1.50 bits per heavy atom. The minimum Gasteiger partial charge on any atom is -0.394 e. The molecule has 0 heterocycles. The molecule has 6 nitrogen and oxygen atoms in total. The molecular formula is C16H32O6. The van der Waals surface area contributed by atoms with Crippen molar-refractivity contribution in [2.75, 3.05) is 72.7 Å². The molecule has 0 bridgehead atoms. The number of ether oxygens (including phenoxy) is 5. The fraction of sp³-hybridized carbons (Fsp3) is 1.00. The normalized spacial score (nSPS) is 21.0. The van der Waals surface area contributed by atoms with Crippen LogP contribution in [0.3, 0.4) is 0 Å². The van der Waals surface area contributed by atoms with E-state index < -0.39 is 0 Å². The summed E-state index contributed by atoms with van der Waals surface area (Å²) in [5, 5.41) is 8.50. The van der Waals surface area contributed by atoms with E-state index in [1.165, 1.54) is 12.8 Å². The summed E-state index contributed by atoms with van der Waals surface area (Å²) in [7, 11) is 0. The maximum Gasteiger partial charge on any atom is 0.0701 e. The number of hydrogen-bond donors (Lipinski definition) is 1. The van der Waals surface area contributed by atoms with E-state index >= 15 is 0 Å². The third-order valence-electron chi connectivity index (χ3n) is 3.55. The number of rotatable bonds is 16. The smallest absolute Gasteiger partial charge is 0.0701 e. The molecule has 0 spiro atoms. The molecule has 0 aliphatic heterocycles. The lowest BCUT2D eigenvalue weighted by atomic mass is 9.77. The summed E-state index contributed by atoms with van der Waals surface area (Å²) in [6.45, 7) is 8.17. The van der Waals surface area contributed by atoms with Gasteiger partial charge in [-0.3, -0.25) is 0 Å². The van der Waals surface area contributed by atoms with E-state index in [0.717, 1.165) is 18.4 Å². The van der Waals surface area contributed by atoms with E-state index in [2.05, 4.69) is 6.92 Å². The predicted molar refractivity (Wildman–Crippen MR) is 83.1 cm³/mol. The van der Waals surface area contributed by atoms with E-state index in [-0.39, 0.29) is 6.61 Å². The van der Waals surface area contributed by atoms with E-state index in [4.69, 9.17) is 28.8 Å². The van der Waals surface area contributed by atoms with Gasteiger partial charge in [-0.1, -0.05) is 6.92 Å². The lowest BCUT2D eigenvalue weighted by molar-refractivity contribution is -0.0203. The van der Waals surface area contributed by atoms with E-state index in [0.29, 0.717) is 59.5 Å². The topological polar surface area (TPSA) is 66.4 Å². The third-order valence-corrected chi connectivity index (χ3v) is 3.55. The van der Waals surface area contributed by atoms with Gasteiger partial charge in [0.05, 0.1) is 66.1 Å². The molecule has 0 saturated heterocycles. The SMILES string of the molecule is CC1CC(COCCOCCOCCOCCOCCO)C1. The molecule has 1 fully saturated rings. The molecule has 1 rings (SSSR count). The van der Waals surface area contributed by atoms with Crippen molar-refractivity contribution in [2.24, 2.45) is 11.8 Å². The molecule has 0 unspecified atom stereocenters. The van der Waals surface area contributed by atoms with Gasteiger partial charge in [-0.15, -0.1) is 0 Å². The van der Waals surface area contributed by atoms with Crippen LogP contribution in [0.15, 0.2) is 0 Å². The maximum atomic E-state index is 8.50. The van der Waals surface area contributed by atoms with Gasteiger partial charge in [0, 0.05) is 6.61 Å². The second-order valence-corrected chi connectivity index (χ2v) is 5.69. The van der Waals surface area contributed by atoms with Gasteiger partial charge in [-0.05, 0) is 24.7 Å². The minimum atomic E-state index is 0.0495. The quantitative estimate of drug-likeness (QED) is 0.430.